The predicted molar refractivity (Wildman–Crippen MR) is 149 cm³/mol. The van der Waals surface area contributed by atoms with Crippen molar-refractivity contribution in [2.75, 3.05) is 0 Å². The number of aromatic nitrogens is 2. The number of rotatable bonds is 2. The standard InChI is InChI=1S/C12H10BrN.C6H7BO2.C6H5Br2N.CH4/c1-9-7-12(14-8-11(9)13)10-5-3-2-4-6-10;8-7(9)6-4-2-1-3-5-6;1-4-2-5(7)3-9-6(4)8;/h2-8H,1H3;1-5,8-9H;2-3H,1H3;1H4. The Balaban J connectivity index is 0.000000254. The number of pyridine rings is 2. The highest BCUT2D eigenvalue weighted by Crippen LogP contribution is 2.21. The van der Waals surface area contributed by atoms with Crippen LogP contribution in [0.1, 0.15) is 18.6 Å². The molecule has 4 aromatic rings. The van der Waals surface area contributed by atoms with Crippen molar-refractivity contribution in [1.29, 1.82) is 0 Å². The van der Waals surface area contributed by atoms with Crippen molar-refractivity contribution in [3.8, 4) is 11.3 Å². The molecule has 0 saturated heterocycles. The van der Waals surface area contributed by atoms with E-state index in [0.717, 1.165) is 30.4 Å². The van der Waals surface area contributed by atoms with Crippen LogP contribution in [0.5, 0.6) is 0 Å². The van der Waals surface area contributed by atoms with Gasteiger partial charge in [-0.3, -0.25) is 4.98 Å². The molecule has 0 amide bonds. The molecule has 0 aliphatic rings. The summed E-state index contributed by atoms with van der Waals surface area (Å²) in [5, 5.41) is 17.2. The van der Waals surface area contributed by atoms with E-state index in [4.69, 9.17) is 10.0 Å². The first-order chi connectivity index (χ1) is 15.3. The fourth-order valence-electron chi connectivity index (χ4n) is 2.46. The molecule has 4 rings (SSSR count). The molecular formula is C25H26BBr3N2O2. The first kappa shape index (κ1) is 29.2. The van der Waals surface area contributed by atoms with Crippen molar-refractivity contribution in [3.05, 3.63) is 110 Å². The van der Waals surface area contributed by atoms with Gasteiger partial charge < -0.3 is 10.0 Å². The predicted octanol–water partition coefficient (Wildman–Crippen LogP) is 6.74. The number of hydrogen-bond acceptors (Lipinski definition) is 4. The molecule has 8 heteroatoms. The van der Waals surface area contributed by atoms with E-state index in [2.05, 4.69) is 82.9 Å². The van der Waals surface area contributed by atoms with E-state index >= 15 is 0 Å². The molecule has 33 heavy (non-hydrogen) atoms. The summed E-state index contributed by atoms with van der Waals surface area (Å²) < 4.78 is 2.98. The Morgan fingerprint density at radius 1 is 0.727 bits per heavy atom. The Morgan fingerprint density at radius 3 is 1.76 bits per heavy atom. The fourth-order valence-corrected chi connectivity index (χ4v) is 3.33. The molecule has 2 N–H and O–H groups in total. The van der Waals surface area contributed by atoms with Crippen LogP contribution in [-0.4, -0.2) is 27.1 Å². The van der Waals surface area contributed by atoms with Crippen LogP contribution in [0.25, 0.3) is 11.3 Å². The monoisotopic (exact) mass is 634 g/mol. The Kier molecular flexibility index (Phi) is 13.4. The molecular weight excluding hydrogens is 611 g/mol. The van der Waals surface area contributed by atoms with Crippen LogP contribution in [0, 0.1) is 13.8 Å². The van der Waals surface area contributed by atoms with Gasteiger partial charge in [0.25, 0.3) is 0 Å². The van der Waals surface area contributed by atoms with Crippen molar-refractivity contribution in [1.82, 2.24) is 9.97 Å². The Hall–Kier alpha value is -1.84. The normalized spacial score (nSPS) is 9.42. The van der Waals surface area contributed by atoms with Gasteiger partial charge in [0.15, 0.2) is 0 Å². The smallest absolute Gasteiger partial charge is 0.423 e. The molecule has 2 aromatic carbocycles. The van der Waals surface area contributed by atoms with Crippen LogP contribution in [-0.2, 0) is 0 Å². The lowest BCUT2D eigenvalue weighted by atomic mass is 9.81. The van der Waals surface area contributed by atoms with Crippen LogP contribution in [0.3, 0.4) is 0 Å². The Morgan fingerprint density at radius 2 is 1.30 bits per heavy atom. The minimum atomic E-state index is -1.34. The molecule has 0 fully saturated rings. The minimum Gasteiger partial charge on any atom is -0.423 e. The van der Waals surface area contributed by atoms with Gasteiger partial charge in [0.2, 0.25) is 0 Å². The van der Waals surface area contributed by atoms with Gasteiger partial charge in [0, 0.05) is 26.9 Å². The van der Waals surface area contributed by atoms with Crippen molar-refractivity contribution in [2.45, 2.75) is 21.3 Å². The average Bonchev–Trinajstić information content (AvgIpc) is 2.80. The summed E-state index contributed by atoms with van der Waals surface area (Å²) in [5.41, 5.74) is 5.05. The lowest BCUT2D eigenvalue weighted by molar-refractivity contribution is 0.426. The van der Waals surface area contributed by atoms with E-state index in [0.29, 0.717) is 5.46 Å². The van der Waals surface area contributed by atoms with Crippen LogP contribution in [0.2, 0.25) is 0 Å². The fraction of sp³-hybridized carbons (Fsp3) is 0.120. The number of halogens is 3. The lowest BCUT2D eigenvalue weighted by Gasteiger charge is -2.02. The largest absolute Gasteiger partial charge is 0.488 e. The molecule has 2 heterocycles. The molecule has 0 spiro atoms. The molecule has 0 saturated carbocycles. The van der Waals surface area contributed by atoms with Gasteiger partial charge in [-0.15, -0.1) is 0 Å². The summed E-state index contributed by atoms with van der Waals surface area (Å²) in [6.07, 6.45) is 3.61. The highest BCUT2D eigenvalue weighted by Gasteiger charge is 2.07. The van der Waals surface area contributed by atoms with Gasteiger partial charge in [0.05, 0.1) is 5.69 Å². The first-order valence-electron chi connectivity index (χ1n) is 9.64. The molecule has 0 aliphatic heterocycles. The van der Waals surface area contributed by atoms with Crippen LogP contribution in [0.15, 0.2) is 98.7 Å². The summed E-state index contributed by atoms with van der Waals surface area (Å²) >= 11 is 10.0. The highest BCUT2D eigenvalue weighted by molar-refractivity contribution is 9.11. The summed E-state index contributed by atoms with van der Waals surface area (Å²) in [6.45, 7) is 4.07. The molecule has 0 unspecified atom stereocenters. The van der Waals surface area contributed by atoms with E-state index in [9.17, 15) is 0 Å². The molecule has 0 atom stereocenters. The molecule has 4 nitrogen and oxygen atoms in total. The molecule has 2 aromatic heterocycles. The molecule has 0 radical (unpaired) electrons. The van der Waals surface area contributed by atoms with Crippen molar-refractivity contribution in [3.63, 3.8) is 0 Å². The first-order valence-corrected chi connectivity index (χ1v) is 12.0. The van der Waals surface area contributed by atoms with Gasteiger partial charge in [-0.25, -0.2) is 4.98 Å². The minimum absolute atomic E-state index is 0. The highest BCUT2D eigenvalue weighted by atomic mass is 79.9. The van der Waals surface area contributed by atoms with Crippen LogP contribution >= 0.6 is 47.8 Å². The van der Waals surface area contributed by atoms with Gasteiger partial charge in [-0.2, -0.15) is 0 Å². The van der Waals surface area contributed by atoms with Crippen LogP contribution < -0.4 is 5.46 Å². The van der Waals surface area contributed by atoms with E-state index in [-0.39, 0.29) is 7.43 Å². The van der Waals surface area contributed by atoms with Crippen molar-refractivity contribution >= 4 is 60.4 Å². The summed E-state index contributed by atoms with van der Waals surface area (Å²) in [5.74, 6) is 0. The van der Waals surface area contributed by atoms with E-state index < -0.39 is 7.12 Å². The number of hydrogen-bond donors (Lipinski definition) is 2. The zero-order valence-electron chi connectivity index (χ0n) is 17.6. The van der Waals surface area contributed by atoms with Gasteiger partial charge in [-0.1, -0.05) is 68.1 Å². The average molecular weight is 637 g/mol. The topological polar surface area (TPSA) is 66.2 Å². The quantitative estimate of drug-likeness (QED) is 0.189. The number of benzene rings is 2. The maximum atomic E-state index is 8.58. The Bertz CT molecular complexity index is 1120. The maximum absolute atomic E-state index is 8.58. The zero-order chi connectivity index (χ0) is 23.5. The van der Waals surface area contributed by atoms with Crippen molar-refractivity contribution in [2.24, 2.45) is 0 Å². The van der Waals surface area contributed by atoms with Gasteiger partial charge in [0.1, 0.15) is 4.60 Å². The maximum Gasteiger partial charge on any atom is 0.488 e. The molecule has 0 aliphatic carbocycles. The number of aryl methyl sites for hydroxylation is 2. The third kappa shape index (κ3) is 10.3. The van der Waals surface area contributed by atoms with E-state index in [1.807, 2.05) is 43.5 Å². The lowest BCUT2D eigenvalue weighted by Crippen LogP contribution is -2.29. The molecule has 172 valence electrons. The second-order valence-electron chi connectivity index (χ2n) is 6.73. The van der Waals surface area contributed by atoms with E-state index in [1.165, 1.54) is 5.56 Å². The third-order valence-corrected chi connectivity index (χ3v) is 6.29. The SMILES string of the molecule is C.Cc1cc(-c2ccccc2)ncc1Br.Cc1cc(Br)cnc1Br.OB(O)c1ccccc1. The number of nitrogens with zero attached hydrogens (tertiary/aromatic N) is 2. The van der Waals surface area contributed by atoms with Crippen molar-refractivity contribution < 1.29 is 10.0 Å². The van der Waals surface area contributed by atoms with Crippen LogP contribution in [0.4, 0.5) is 0 Å². The zero-order valence-corrected chi connectivity index (χ0v) is 22.3. The van der Waals surface area contributed by atoms with E-state index in [1.54, 1.807) is 30.5 Å². The summed E-state index contributed by atoms with van der Waals surface area (Å²) in [6, 6.07) is 22.9. The third-order valence-electron chi connectivity index (χ3n) is 4.20. The van der Waals surface area contributed by atoms with Gasteiger partial charge >= 0.3 is 7.12 Å². The second kappa shape index (κ2) is 15.1. The Labute approximate surface area is 221 Å². The second-order valence-corrected chi connectivity index (χ2v) is 9.25. The summed E-state index contributed by atoms with van der Waals surface area (Å²) in [4.78, 5) is 8.41. The molecule has 0 bridgehead atoms. The van der Waals surface area contributed by atoms with Gasteiger partial charge in [-0.05, 0) is 90.4 Å². The summed E-state index contributed by atoms with van der Waals surface area (Å²) in [7, 11) is -1.34.